The third kappa shape index (κ3) is 16.2. The van der Waals surface area contributed by atoms with Crippen LogP contribution < -0.4 is 39.1 Å². The summed E-state index contributed by atoms with van der Waals surface area (Å²) in [6.45, 7) is 52.0. The second kappa shape index (κ2) is 34.2. The van der Waals surface area contributed by atoms with E-state index in [4.69, 9.17) is 48.6 Å². The number of carbonyl (C=O) groups excluding carboxylic acids is 2. The molecular formula is C107H168N6O5. The zero-order valence-electron chi connectivity index (χ0n) is 78.3. The summed E-state index contributed by atoms with van der Waals surface area (Å²) >= 11 is 0. The van der Waals surface area contributed by atoms with E-state index in [0.717, 1.165) is 127 Å². The molecule has 0 radical (unpaired) electrons. The van der Waals surface area contributed by atoms with Crippen LogP contribution in [0.5, 0.6) is 5.75 Å². The van der Waals surface area contributed by atoms with Crippen molar-refractivity contribution in [2.45, 2.75) is 363 Å². The summed E-state index contributed by atoms with van der Waals surface area (Å²) in [7, 11) is 0. The van der Waals surface area contributed by atoms with Crippen molar-refractivity contribution in [2.24, 2.45) is 149 Å². The Hall–Kier alpha value is -5.58. The Kier molecular flexibility index (Phi) is 26.1. The number of allylic oxidation sites excluding steroid dienone is 5. The number of fused-ring (bicyclic) bond motifs is 15. The topological polar surface area (TPSA) is 218 Å². The van der Waals surface area contributed by atoms with Gasteiger partial charge in [-0.25, -0.2) is 9.59 Å². The summed E-state index contributed by atoms with van der Waals surface area (Å²) in [5.41, 5.74) is 47.6. The number of nitrogen functional groups attached to an aromatic ring is 6. The summed E-state index contributed by atoms with van der Waals surface area (Å²) < 4.78 is 19.0. The molecule has 11 heteroatoms. The first-order valence-corrected chi connectivity index (χ1v) is 48.4. The molecule has 0 saturated heterocycles. The molecule has 26 unspecified atom stereocenters. The quantitative estimate of drug-likeness (QED) is 0.0377. The van der Waals surface area contributed by atoms with Crippen LogP contribution in [0.2, 0.25) is 0 Å². The molecule has 0 aliphatic heterocycles. The van der Waals surface area contributed by atoms with E-state index >= 15 is 0 Å². The van der Waals surface area contributed by atoms with Gasteiger partial charge in [-0.05, 0) is 400 Å². The van der Waals surface area contributed by atoms with Gasteiger partial charge in [-0.15, -0.1) is 0 Å². The lowest BCUT2D eigenvalue weighted by atomic mass is 9.38. The van der Waals surface area contributed by atoms with Gasteiger partial charge in [0.05, 0.1) is 22.9 Å². The van der Waals surface area contributed by atoms with Crippen molar-refractivity contribution in [1.29, 1.82) is 0 Å². The van der Waals surface area contributed by atoms with Crippen LogP contribution in [-0.4, -0.2) is 30.3 Å². The van der Waals surface area contributed by atoms with Crippen LogP contribution in [0, 0.1) is 149 Å². The van der Waals surface area contributed by atoms with E-state index in [1.165, 1.54) is 177 Å². The van der Waals surface area contributed by atoms with Crippen molar-refractivity contribution in [3.8, 4) is 5.75 Å². The van der Waals surface area contributed by atoms with Gasteiger partial charge in [0.15, 0.2) is 0 Å². The lowest BCUT2D eigenvalue weighted by molar-refractivity contribution is -0.200. The fraction of sp³-hybridized carbons (Fsp3) is 0.757. The molecule has 11 saturated carbocycles. The van der Waals surface area contributed by atoms with E-state index < -0.39 is 0 Å². The zero-order valence-corrected chi connectivity index (χ0v) is 78.3. The summed E-state index contributed by atoms with van der Waals surface area (Å²) in [6.07, 6.45) is 48.1. The highest BCUT2D eigenvalue weighted by Crippen LogP contribution is 2.77. The molecule has 3 aromatic rings. The molecule has 0 heterocycles. The molecule has 0 bridgehead atoms. The van der Waals surface area contributed by atoms with Gasteiger partial charge in [-0.1, -0.05) is 172 Å². The Balaban J connectivity index is 0.000000154. The monoisotopic (exact) mass is 1620 g/mol. The Morgan fingerprint density at radius 3 is 1.50 bits per heavy atom. The minimum Gasteiger partial charge on any atom is -0.488 e. The largest absolute Gasteiger partial charge is 0.488 e. The predicted molar refractivity (Wildman–Crippen MR) is 495 cm³/mol. The van der Waals surface area contributed by atoms with Crippen LogP contribution in [-0.2, 0) is 9.47 Å². The molecule has 15 rings (SSSR count). The molecule has 0 spiro atoms. The molecule has 12 N–H and O–H groups in total. The molecule has 118 heavy (non-hydrogen) atoms. The van der Waals surface area contributed by atoms with Crippen molar-refractivity contribution in [3.05, 3.63) is 101 Å². The first-order chi connectivity index (χ1) is 55.4. The minimum absolute atomic E-state index is 0.0739. The number of carbonyl (C=O) groups is 2. The van der Waals surface area contributed by atoms with Crippen molar-refractivity contribution in [2.75, 3.05) is 34.4 Å². The summed E-state index contributed by atoms with van der Waals surface area (Å²) in [5, 5.41) is 0. The van der Waals surface area contributed by atoms with E-state index in [1.807, 2.05) is 18.2 Å². The van der Waals surface area contributed by atoms with Gasteiger partial charge in [-0.3, -0.25) is 0 Å². The van der Waals surface area contributed by atoms with E-state index in [1.54, 1.807) is 36.4 Å². The molecule has 0 amide bonds. The Morgan fingerprint density at radius 2 is 0.932 bits per heavy atom. The average Bonchev–Trinajstić information content (AvgIpc) is 1.38. The third-order valence-corrected chi connectivity index (χ3v) is 39.2. The van der Waals surface area contributed by atoms with Crippen LogP contribution >= 0.6 is 0 Å². The molecule has 11 fully saturated rings. The van der Waals surface area contributed by atoms with Crippen LogP contribution in [0.1, 0.15) is 365 Å². The lowest BCUT2D eigenvalue weighted by Crippen LogP contribution is -2.62. The zero-order chi connectivity index (χ0) is 85.6. The van der Waals surface area contributed by atoms with Gasteiger partial charge < -0.3 is 48.6 Å². The van der Waals surface area contributed by atoms with Gasteiger partial charge in [0.1, 0.15) is 18.0 Å². The number of ether oxygens (including phenoxy) is 3. The summed E-state index contributed by atoms with van der Waals surface area (Å²) in [4.78, 5) is 26.5. The first-order valence-electron chi connectivity index (χ1n) is 48.4. The van der Waals surface area contributed by atoms with E-state index in [2.05, 4.69) is 164 Å². The van der Waals surface area contributed by atoms with Crippen molar-refractivity contribution >= 4 is 46.1 Å². The van der Waals surface area contributed by atoms with Gasteiger partial charge >= 0.3 is 11.9 Å². The number of nitrogens with two attached hydrogens (primary N) is 6. The molecule has 3 aromatic carbocycles. The van der Waals surface area contributed by atoms with Crippen LogP contribution in [0.4, 0.5) is 34.1 Å². The van der Waals surface area contributed by atoms with Crippen molar-refractivity contribution in [3.63, 3.8) is 0 Å². The fourth-order valence-corrected chi connectivity index (χ4v) is 32.4. The highest BCUT2D eigenvalue weighted by molar-refractivity contribution is 5.96. The highest BCUT2D eigenvalue weighted by atomic mass is 16.5. The lowest BCUT2D eigenvalue weighted by Gasteiger charge is -2.67. The highest BCUT2D eigenvalue weighted by Gasteiger charge is 2.70. The number of hydrogen-bond acceptors (Lipinski definition) is 11. The molecule has 12 aliphatic rings. The molecule has 12 aliphatic carbocycles. The first kappa shape index (κ1) is 90.2. The minimum atomic E-state index is -0.338. The summed E-state index contributed by atoms with van der Waals surface area (Å²) in [6, 6.07) is 15.8. The second-order valence-corrected chi connectivity index (χ2v) is 46.6. The smallest absolute Gasteiger partial charge is 0.340 e. The number of rotatable bonds is 19. The summed E-state index contributed by atoms with van der Waals surface area (Å²) in [5.74, 6) is 13.3. The normalized spacial score (nSPS) is 39.6. The number of anilines is 6. The van der Waals surface area contributed by atoms with E-state index in [-0.39, 0.29) is 40.4 Å². The standard InChI is InChI=1S/C37H58N2O2.C37H56N2O2.C33H54N2O/c2*1-23(2)10-9-11-24(3)27-16-20-37(8)29-14-15-31-34(4,5)32(41-33(40)26-13-12-25(38)22-30(26)39)18-19-35(31,6)28(29)17-21-36(27,37)7;1-21(2)7-6-8-22(3)27-12-13-28-26-11-9-23-19-25(36-31-14-10-24(34)20-30(31)35)15-17-32(23,4)29(26)16-18-33(27,28)5/h10,12-13,22,24,27-29,31-32H,9,11,14-21,38-39H2,1-8H3;10,12-13,15,22,24,27-29,32H,9,11,14,16-21,38-39H2,1-8H3;10,14,20-23,25-29H,6-9,11-13,15-19,34-35H2,1-5H3. The molecule has 656 valence electrons. The van der Waals surface area contributed by atoms with Crippen LogP contribution in [0.15, 0.2) is 89.5 Å². The van der Waals surface area contributed by atoms with Gasteiger partial charge in [0.2, 0.25) is 0 Å². The Labute approximate surface area is 718 Å². The number of benzene rings is 3. The average molecular weight is 1620 g/mol. The van der Waals surface area contributed by atoms with Crippen molar-refractivity contribution < 1.29 is 23.8 Å². The maximum atomic E-state index is 13.2. The van der Waals surface area contributed by atoms with Gasteiger partial charge in [0.25, 0.3) is 0 Å². The Bertz CT molecular complexity index is 4160. The SMILES string of the molecule is CC(C)=CCCC(C)C1CCC2(C)C3CC=C4C(C)(C)C(OC(=O)c5ccc(N)cc5N)CCC4(C)C3CCC12C.CC(C)=CCCC(C)C1CCC2(C)C3CCC4C(C)(C)C(OC(=O)c5ccc(N)cc5N)CCC4(C)C3CCC12C.CC(C)CCCC(C)C1CCC2C3CCC4CC(Oc5ccc(N)cc5N)CCC4(C)C3CCC12C. The van der Waals surface area contributed by atoms with E-state index in [0.29, 0.717) is 101 Å². The number of hydrogen-bond donors (Lipinski definition) is 6. The van der Waals surface area contributed by atoms with Crippen LogP contribution in [0.25, 0.3) is 0 Å². The maximum Gasteiger partial charge on any atom is 0.340 e. The van der Waals surface area contributed by atoms with Crippen LogP contribution in [0.3, 0.4) is 0 Å². The molecule has 11 nitrogen and oxygen atoms in total. The molecule has 0 aromatic heterocycles. The Morgan fingerprint density at radius 1 is 0.441 bits per heavy atom. The van der Waals surface area contributed by atoms with Crippen molar-refractivity contribution in [1.82, 2.24) is 0 Å². The van der Waals surface area contributed by atoms with E-state index in [9.17, 15) is 9.59 Å². The molecule has 26 atom stereocenters. The molecular weight excluding hydrogens is 1450 g/mol. The third-order valence-electron chi connectivity index (χ3n) is 39.2. The maximum absolute atomic E-state index is 13.2. The second-order valence-electron chi connectivity index (χ2n) is 46.6. The van der Waals surface area contributed by atoms with Gasteiger partial charge in [-0.2, -0.15) is 0 Å². The predicted octanol–water partition coefficient (Wildman–Crippen LogP) is 27.5. The fourth-order valence-electron chi connectivity index (χ4n) is 32.4. The van der Waals surface area contributed by atoms with Gasteiger partial charge in [0, 0.05) is 39.3 Å². The number of esters is 2.